The molecule has 0 fully saturated rings. The average Bonchev–Trinajstić information content (AvgIpc) is 2.29. The zero-order valence-electron chi connectivity index (χ0n) is 8.36. The Kier molecular flexibility index (Phi) is 4.25. The summed E-state index contributed by atoms with van der Waals surface area (Å²) in [6.45, 7) is 0. The van der Waals surface area contributed by atoms with Gasteiger partial charge in [0.05, 0.1) is 4.92 Å². The van der Waals surface area contributed by atoms with Crippen LogP contribution in [-0.4, -0.2) is 16.0 Å². The monoisotopic (exact) mass is 250 g/mol. The number of thioether (sulfide) groups is 1. The molecule has 0 amide bonds. The van der Waals surface area contributed by atoms with Crippen molar-refractivity contribution in [2.45, 2.75) is 0 Å². The van der Waals surface area contributed by atoms with E-state index in [9.17, 15) is 14.9 Å². The highest BCUT2D eigenvalue weighted by molar-refractivity contribution is 8.08. The lowest BCUT2D eigenvalue weighted by Gasteiger charge is -1.96. The van der Waals surface area contributed by atoms with Gasteiger partial charge in [-0.1, -0.05) is 0 Å². The molecule has 1 aromatic rings. The van der Waals surface area contributed by atoms with Crippen molar-refractivity contribution < 1.29 is 14.8 Å². The number of hydrogen-bond donors (Lipinski definition) is 1. The number of nitrogens with zero attached hydrogens (tertiary/aromatic N) is 2. The molecule has 0 aliphatic rings. The minimum absolute atomic E-state index is 0.0769. The molecule has 1 rings (SSSR count). The van der Waals surface area contributed by atoms with Crippen LogP contribution in [-0.2, 0) is 4.79 Å². The average molecular weight is 250 g/mol. The van der Waals surface area contributed by atoms with Crippen LogP contribution in [0, 0.1) is 20.8 Å². The van der Waals surface area contributed by atoms with E-state index in [4.69, 9.17) is 10.4 Å². The predicted molar refractivity (Wildman–Crippen MR) is 61.9 cm³/mol. The van der Waals surface area contributed by atoms with E-state index in [-0.39, 0.29) is 10.6 Å². The molecule has 6 nitrogen and oxygen atoms in total. The van der Waals surface area contributed by atoms with Crippen LogP contribution in [0.3, 0.4) is 0 Å². The fourth-order valence-electron chi connectivity index (χ4n) is 1.03. The number of carbonyl (C=O) groups is 1. The number of nitro groups is 1. The van der Waals surface area contributed by atoms with Crippen molar-refractivity contribution in [1.82, 2.24) is 0 Å². The summed E-state index contributed by atoms with van der Waals surface area (Å²) in [4.78, 5) is 20.4. The fraction of sp³-hybridized carbons (Fsp3) is 0. The van der Waals surface area contributed by atoms with E-state index in [1.807, 2.05) is 0 Å². The van der Waals surface area contributed by atoms with Gasteiger partial charge in [0.1, 0.15) is 10.3 Å². The first-order valence-corrected chi connectivity index (χ1v) is 5.11. The number of rotatable bonds is 4. The number of nitriles is 1. The SMILES string of the molecule is N#CS/C(=C/c1ccc([N+](=O)[O-])cc1)C(=O)O. The zero-order valence-corrected chi connectivity index (χ0v) is 9.18. The van der Waals surface area contributed by atoms with Crippen molar-refractivity contribution in [3.63, 3.8) is 0 Å². The van der Waals surface area contributed by atoms with Gasteiger partial charge in [0, 0.05) is 12.1 Å². The number of carboxylic acid groups (broad SMARTS) is 1. The third kappa shape index (κ3) is 3.62. The van der Waals surface area contributed by atoms with E-state index in [1.165, 1.54) is 30.3 Å². The van der Waals surface area contributed by atoms with E-state index in [2.05, 4.69) is 0 Å². The summed E-state index contributed by atoms with van der Waals surface area (Å²) in [6, 6.07) is 5.36. The van der Waals surface area contributed by atoms with Gasteiger partial charge in [0.2, 0.25) is 0 Å². The lowest BCUT2D eigenvalue weighted by Crippen LogP contribution is -1.95. The van der Waals surface area contributed by atoms with Crippen LogP contribution >= 0.6 is 11.8 Å². The topological polar surface area (TPSA) is 104 Å². The first-order valence-electron chi connectivity index (χ1n) is 4.30. The molecule has 1 N–H and O–H groups in total. The van der Waals surface area contributed by atoms with Crippen LogP contribution in [0.25, 0.3) is 6.08 Å². The van der Waals surface area contributed by atoms with E-state index >= 15 is 0 Å². The van der Waals surface area contributed by atoms with Crippen molar-refractivity contribution >= 4 is 29.5 Å². The van der Waals surface area contributed by atoms with Crippen LogP contribution in [0.15, 0.2) is 29.2 Å². The lowest BCUT2D eigenvalue weighted by atomic mass is 10.2. The first kappa shape index (κ1) is 12.7. The molecule has 17 heavy (non-hydrogen) atoms. The summed E-state index contributed by atoms with van der Waals surface area (Å²) in [5.41, 5.74) is 0.405. The standard InChI is InChI=1S/C10H6N2O4S/c11-6-17-9(10(13)14)5-7-1-3-8(4-2-7)12(15)16/h1-5H,(H,13,14)/b9-5+. The molecule has 0 atom stereocenters. The molecule has 86 valence electrons. The summed E-state index contributed by atoms with van der Waals surface area (Å²) >= 11 is 0.523. The summed E-state index contributed by atoms with van der Waals surface area (Å²) in [5.74, 6) is -1.21. The molecule has 0 aliphatic heterocycles. The second-order valence-electron chi connectivity index (χ2n) is 2.86. The van der Waals surface area contributed by atoms with Crippen molar-refractivity contribution in [1.29, 1.82) is 5.26 Å². The second-order valence-corrected chi connectivity index (χ2v) is 3.68. The maximum atomic E-state index is 10.7. The molecular weight excluding hydrogens is 244 g/mol. The van der Waals surface area contributed by atoms with Crippen LogP contribution in [0.1, 0.15) is 5.56 Å². The van der Waals surface area contributed by atoms with Gasteiger partial charge < -0.3 is 5.11 Å². The number of thiocyanates is 1. The minimum atomic E-state index is -1.21. The maximum Gasteiger partial charge on any atom is 0.343 e. The highest BCUT2D eigenvalue weighted by Crippen LogP contribution is 2.20. The van der Waals surface area contributed by atoms with Gasteiger partial charge in [-0.2, -0.15) is 5.26 Å². The first-order chi connectivity index (χ1) is 8.04. The van der Waals surface area contributed by atoms with Gasteiger partial charge in [-0.05, 0) is 35.5 Å². The van der Waals surface area contributed by atoms with Gasteiger partial charge in [-0.3, -0.25) is 10.1 Å². The molecule has 0 unspecified atom stereocenters. The van der Waals surface area contributed by atoms with Gasteiger partial charge in [0.15, 0.2) is 0 Å². The van der Waals surface area contributed by atoms with Crippen LogP contribution < -0.4 is 0 Å². The third-order valence-corrected chi connectivity index (χ3v) is 2.37. The van der Waals surface area contributed by atoms with Gasteiger partial charge in [-0.25, -0.2) is 4.79 Å². The molecule has 7 heteroatoms. The third-order valence-electron chi connectivity index (χ3n) is 1.77. The molecule has 0 heterocycles. The molecular formula is C10H6N2O4S. The van der Waals surface area contributed by atoms with Crippen molar-refractivity contribution in [2.75, 3.05) is 0 Å². The molecule has 0 aliphatic carbocycles. The van der Waals surface area contributed by atoms with Crippen molar-refractivity contribution in [2.24, 2.45) is 0 Å². The smallest absolute Gasteiger partial charge is 0.343 e. The summed E-state index contributed by atoms with van der Waals surface area (Å²) < 4.78 is 0. The Bertz CT molecular complexity index is 516. The van der Waals surface area contributed by atoms with Crippen LogP contribution in [0.2, 0.25) is 0 Å². The number of nitro benzene ring substituents is 1. The zero-order chi connectivity index (χ0) is 12.8. The number of carboxylic acids is 1. The van der Waals surface area contributed by atoms with Gasteiger partial charge >= 0.3 is 5.97 Å². The van der Waals surface area contributed by atoms with Crippen molar-refractivity contribution in [3.05, 3.63) is 44.8 Å². The minimum Gasteiger partial charge on any atom is -0.477 e. The maximum absolute atomic E-state index is 10.7. The Labute approximate surface area is 100 Å². The molecule has 1 aromatic carbocycles. The van der Waals surface area contributed by atoms with E-state index in [0.717, 1.165) is 0 Å². The van der Waals surface area contributed by atoms with Gasteiger partial charge in [0.25, 0.3) is 5.69 Å². The Morgan fingerprint density at radius 1 is 1.47 bits per heavy atom. The van der Waals surface area contributed by atoms with Crippen LogP contribution in [0.4, 0.5) is 5.69 Å². The van der Waals surface area contributed by atoms with E-state index < -0.39 is 10.9 Å². The predicted octanol–water partition coefficient (Wildman–Crippen LogP) is 2.23. The lowest BCUT2D eigenvalue weighted by molar-refractivity contribution is -0.384. The number of benzene rings is 1. The largest absolute Gasteiger partial charge is 0.477 e. The number of non-ortho nitro benzene ring substituents is 1. The second kappa shape index (κ2) is 5.67. The summed E-state index contributed by atoms with van der Waals surface area (Å²) in [7, 11) is 0. The Hall–Kier alpha value is -2.33. The number of aliphatic carboxylic acids is 1. The van der Waals surface area contributed by atoms with Crippen LogP contribution in [0.5, 0.6) is 0 Å². The highest BCUT2D eigenvalue weighted by atomic mass is 32.2. The fourth-order valence-corrected chi connectivity index (χ4v) is 1.41. The molecule has 0 saturated heterocycles. The summed E-state index contributed by atoms with van der Waals surface area (Å²) in [5, 5.41) is 29.2. The molecule has 0 aromatic heterocycles. The number of hydrogen-bond acceptors (Lipinski definition) is 5. The Morgan fingerprint density at radius 3 is 2.47 bits per heavy atom. The quantitative estimate of drug-likeness (QED) is 0.380. The van der Waals surface area contributed by atoms with E-state index in [1.54, 1.807) is 5.40 Å². The Morgan fingerprint density at radius 2 is 2.06 bits per heavy atom. The molecule has 0 radical (unpaired) electrons. The van der Waals surface area contributed by atoms with Crippen molar-refractivity contribution in [3.8, 4) is 5.40 Å². The normalized spacial score (nSPS) is 10.6. The molecule has 0 bridgehead atoms. The molecule has 0 spiro atoms. The van der Waals surface area contributed by atoms with E-state index in [0.29, 0.717) is 17.3 Å². The summed E-state index contributed by atoms with van der Waals surface area (Å²) in [6.07, 6.45) is 1.28. The molecule has 0 saturated carbocycles. The Balaban J connectivity index is 3.01. The highest BCUT2D eigenvalue weighted by Gasteiger charge is 2.09. The van der Waals surface area contributed by atoms with Gasteiger partial charge in [-0.15, -0.1) is 0 Å².